The van der Waals surface area contributed by atoms with Gasteiger partial charge in [0.05, 0.1) is 6.04 Å². The highest BCUT2D eigenvalue weighted by Crippen LogP contribution is 2.31. The lowest BCUT2D eigenvalue weighted by Gasteiger charge is -2.39. The SMILES string of the molecule is OCC(F)(F)C1CCCCN1Cc1ccnc(-c2nn[nH]n2)c1. The molecule has 1 saturated heterocycles. The number of aromatic amines is 1. The fourth-order valence-corrected chi connectivity index (χ4v) is 2.96. The van der Waals surface area contributed by atoms with Gasteiger partial charge in [-0.05, 0) is 42.3 Å². The van der Waals surface area contributed by atoms with Crippen LogP contribution in [0, 0.1) is 0 Å². The lowest BCUT2D eigenvalue weighted by molar-refractivity contribution is -0.126. The highest BCUT2D eigenvalue weighted by Gasteiger charge is 2.43. The molecule has 1 atom stereocenters. The molecule has 0 radical (unpaired) electrons. The lowest BCUT2D eigenvalue weighted by Crippen LogP contribution is -2.51. The molecule has 124 valence electrons. The van der Waals surface area contributed by atoms with E-state index in [-0.39, 0.29) is 0 Å². The van der Waals surface area contributed by atoms with E-state index in [1.165, 1.54) is 0 Å². The predicted molar refractivity (Wildman–Crippen MR) is 77.5 cm³/mol. The van der Waals surface area contributed by atoms with Gasteiger partial charge in [0.15, 0.2) is 0 Å². The third kappa shape index (κ3) is 3.50. The van der Waals surface area contributed by atoms with E-state index in [9.17, 15) is 8.78 Å². The van der Waals surface area contributed by atoms with Crippen LogP contribution in [0.25, 0.3) is 11.5 Å². The van der Waals surface area contributed by atoms with Crippen LogP contribution in [0.3, 0.4) is 0 Å². The summed E-state index contributed by atoms with van der Waals surface area (Å²) in [5.41, 5.74) is 1.39. The first-order valence-corrected chi connectivity index (χ1v) is 7.51. The molecule has 2 aromatic rings. The van der Waals surface area contributed by atoms with Gasteiger partial charge < -0.3 is 5.11 Å². The van der Waals surface area contributed by atoms with Gasteiger partial charge in [0.2, 0.25) is 5.82 Å². The summed E-state index contributed by atoms with van der Waals surface area (Å²) in [6, 6.07) is 2.61. The van der Waals surface area contributed by atoms with E-state index in [1.807, 2.05) is 0 Å². The van der Waals surface area contributed by atoms with Gasteiger partial charge in [0.1, 0.15) is 12.3 Å². The van der Waals surface area contributed by atoms with Crippen molar-refractivity contribution in [3.63, 3.8) is 0 Å². The van der Waals surface area contributed by atoms with Crippen LogP contribution >= 0.6 is 0 Å². The molecule has 0 spiro atoms. The molecular weight excluding hydrogens is 306 g/mol. The Balaban J connectivity index is 1.78. The summed E-state index contributed by atoms with van der Waals surface area (Å²) < 4.78 is 27.9. The topological polar surface area (TPSA) is 90.8 Å². The molecule has 1 unspecified atom stereocenters. The Hall–Kier alpha value is -2.00. The molecule has 9 heteroatoms. The van der Waals surface area contributed by atoms with Gasteiger partial charge in [-0.25, -0.2) is 8.78 Å². The summed E-state index contributed by atoms with van der Waals surface area (Å²) in [5, 5.41) is 22.6. The zero-order chi connectivity index (χ0) is 16.3. The Labute approximate surface area is 131 Å². The average Bonchev–Trinajstić information content (AvgIpc) is 3.10. The number of nitrogens with one attached hydrogen (secondary N) is 1. The molecule has 7 nitrogen and oxygen atoms in total. The Kier molecular flexibility index (Phi) is 4.58. The number of aliphatic hydroxyl groups excluding tert-OH is 1. The molecule has 23 heavy (non-hydrogen) atoms. The number of hydrogen-bond donors (Lipinski definition) is 2. The second-order valence-electron chi connectivity index (χ2n) is 5.69. The van der Waals surface area contributed by atoms with Crippen molar-refractivity contribution in [2.45, 2.75) is 37.8 Å². The molecule has 1 fully saturated rings. The summed E-state index contributed by atoms with van der Waals surface area (Å²) in [5.74, 6) is -2.73. The van der Waals surface area contributed by atoms with Crippen molar-refractivity contribution in [3.05, 3.63) is 23.9 Å². The molecule has 0 bridgehead atoms. The molecule has 3 heterocycles. The molecular formula is C14H18F2N6O. The second-order valence-corrected chi connectivity index (χ2v) is 5.69. The molecule has 0 aromatic carbocycles. The zero-order valence-corrected chi connectivity index (χ0v) is 12.5. The second kappa shape index (κ2) is 6.63. The van der Waals surface area contributed by atoms with Crippen LogP contribution in [-0.2, 0) is 6.54 Å². The van der Waals surface area contributed by atoms with Crippen LogP contribution in [0.15, 0.2) is 18.3 Å². The largest absolute Gasteiger partial charge is 0.390 e. The number of likely N-dealkylation sites (tertiary alicyclic amines) is 1. The molecule has 1 aliphatic heterocycles. The molecule has 1 aliphatic rings. The van der Waals surface area contributed by atoms with Crippen molar-refractivity contribution in [1.29, 1.82) is 0 Å². The summed E-state index contributed by atoms with van der Waals surface area (Å²) >= 11 is 0. The Morgan fingerprint density at radius 1 is 1.39 bits per heavy atom. The molecule has 3 rings (SSSR count). The van der Waals surface area contributed by atoms with Crippen LogP contribution in [0.2, 0.25) is 0 Å². The van der Waals surface area contributed by atoms with Crippen molar-refractivity contribution >= 4 is 0 Å². The van der Waals surface area contributed by atoms with E-state index >= 15 is 0 Å². The van der Waals surface area contributed by atoms with E-state index in [0.717, 1.165) is 18.4 Å². The number of hydrogen-bond acceptors (Lipinski definition) is 6. The van der Waals surface area contributed by atoms with Crippen LogP contribution in [-0.4, -0.2) is 60.7 Å². The van der Waals surface area contributed by atoms with Gasteiger partial charge in [-0.2, -0.15) is 5.21 Å². The van der Waals surface area contributed by atoms with Gasteiger partial charge in [-0.3, -0.25) is 9.88 Å². The maximum atomic E-state index is 14.0. The van der Waals surface area contributed by atoms with Crippen LogP contribution in [0.1, 0.15) is 24.8 Å². The number of aliphatic hydroxyl groups is 1. The number of aromatic nitrogens is 5. The van der Waals surface area contributed by atoms with Gasteiger partial charge in [-0.15, -0.1) is 10.2 Å². The number of nitrogens with zero attached hydrogens (tertiary/aromatic N) is 5. The standard InChI is InChI=1S/C14H18F2N6O/c15-14(16,9-23)12-3-1-2-6-22(12)8-10-4-5-17-11(7-10)13-18-20-21-19-13/h4-5,7,12,23H,1-3,6,8-9H2,(H,18,19,20,21). The Morgan fingerprint density at radius 3 is 3.00 bits per heavy atom. The quantitative estimate of drug-likeness (QED) is 0.860. The minimum atomic E-state index is -3.09. The monoisotopic (exact) mass is 324 g/mol. The van der Waals surface area contributed by atoms with Gasteiger partial charge in [0.25, 0.3) is 5.92 Å². The lowest BCUT2D eigenvalue weighted by atomic mass is 9.96. The first-order valence-electron chi connectivity index (χ1n) is 7.51. The third-order valence-electron chi connectivity index (χ3n) is 4.10. The smallest absolute Gasteiger partial charge is 0.285 e. The number of pyridine rings is 1. The first-order chi connectivity index (χ1) is 11.1. The van der Waals surface area contributed by atoms with Gasteiger partial charge in [0, 0.05) is 12.7 Å². The van der Waals surface area contributed by atoms with Crippen molar-refractivity contribution in [2.24, 2.45) is 0 Å². The average molecular weight is 324 g/mol. The Morgan fingerprint density at radius 2 is 2.26 bits per heavy atom. The van der Waals surface area contributed by atoms with E-state index in [2.05, 4.69) is 25.6 Å². The van der Waals surface area contributed by atoms with E-state index < -0.39 is 18.6 Å². The normalized spacial score (nSPS) is 19.9. The molecule has 2 N–H and O–H groups in total. The van der Waals surface area contributed by atoms with E-state index in [1.54, 1.807) is 23.2 Å². The van der Waals surface area contributed by atoms with Crippen LogP contribution < -0.4 is 0 Å². The number of tetrazole rings is 1. The summed E-state index contributed by atoms with van der Waals surface area (Å²) in [7, 11) is 0. The van der Waals surface area contributed by atoms with Crippen LogP contribution in [0.4, 0.5) is 8.78 Å². The summed E-state index contributed by atoms with van der Waals surface area (Å²) in [6.45, 7) is -0.174. The van der Waals surface area contributed by atoms with Gasteiger partial charge in [-0.1, -0.05) is 6.42 Å². The first kappa shape index (κ1) is 15.9. The molecule has 0 aliphatic carbocycles. The molecule has 0 saturated carbocycles. The molecule has 2 aromatic heterocycles. The predicted octanol–water partition coefficient (Wildman–Crippen LogP) is 1.24. The van der Waals surface area contributed by atoms with E-state index in [4.69, 9.17) is 5.11 Å². The van der Waals surface area contributed by atoms with E-state index in [0.29, 0.717) is 31.0 Å². The summed E-state index contributed by atoms with van der Waals surface area (Å²) in [6.07, 6.45) is 3.61. The fraction of sp³-hybridized carbons (Fsp3) is 0.571. The van der Waals surface area contributed by atoms with Crippen molar-refractivity contribution < 1.29 is 13.9 Å². The summed E-state index contributed by atoms with van der Waals surface area (Å²) in [4.78, 5) is 5.90. The number of alkyl halides is 2. The maximum absolute atomic E-state index is 14.0. The van der Waals surface area contributed by atoms with Crippen molar-refractivity contribution in [2.75, 3.05) is 13.2 Å². The van der Waals surface area contributed by atoms with Crippen LogP contribution in [0.5, 0.6) is 0 Å². The minimum absolute atomic E-state index is 0.364. The van der Waals surface area contributed by atoms with Crippen molar-refractivity contribution in [3.8, 4) is 11.5 Å². The number of H-pyrrole nitrogens is 1. The highest BCUT2D eigenvalue weighted by atomic mass is 19.3. The van der Waals surface area contributed by atoms with Gasteiger partial charge >= 0.3 is 0 Å². The number of rotatable bonds is 5. The zero-order valence-electron chi connectivity index (χ0n) is 12.5. The number of halogens is 2. The maximum Gasteiger partial charge on any atom is 0.285 e. The highest BCUT2D eigenvalue weighted by molar-refractivity contribution is 5.48. The fourth-order valence-electron chi connectivity index (χ4n) is 2.96. The number of piperidine rings is 1. The third-order valence-corrected chi connectivity index (χ3v) is 4.10. The Bertz CT molecular complexity index is 636. The molecule has 0 amide bonds. The minimum Gasteiger partial charge on any atom is -0.390 e. The van der Waals surface area contributed by atoms with Crippen molar-refractivity contribution in [1.82, 2.24) is 30.5 Å².